The van der Waals surface area contributed by atoms with Gasteiger partial charge < -0.3 is 10.6 Å². The van der Waals surface area contributed by atoms with Crippen molar-refractivity contribution >= 4 is 40.7 Å². The van der Waals surface area contributed by atoms with Crippen LogP contribution < -0.4 is 10.6 Å². The highest BCUT2D eigenvalue weighted by Gasteiger charge is 2.34. The minimum absolute atomic E-state index is 0.154. The molecule has 0 fully saturated rings. The minimum atomic E-state index is -1.36. The Bertz CT molecular complexity index is 1220. The van der Waals surface area contributed by atoms with Gasteiger partial charge in [-0.15, -0.1) is 0 Å². The van der Waals surface area contributed by atoms with Gasteiger partial charge in [0.05, 0.1) is 11.6 Å². The molecule has 0 aliphatic carbocycles. The third-order valence-electron chi connectivity index (χ3n) is 4.67. The van der Waals surface area contributed by atoms with Crippen molar-refractivity contribution in [1.29, 1.82) is 0 Å². The maximum atomic E-state index is 14.1. The number of carbonyl (C=O) groups excluding carboxylic acids is 2. The van der Waals surface area contributed by atoms with Gasteiger partial charge in [-0.2, -0.15) is 0 Å². The van der Waals surface area contributed by atoms with E-state index in [0.717, 1.165) is 12.1 Å². The molecular formula is C21H11Cl2F3N2O2. The number of anilines is 1. The van der Waals surface area contributed by atoms with Gasteiger partial charge in [0.25, 0.3) is 11.8 Å². The molecule has 1 aliphatic heterocycles. The summed E-state index contributed by atoms with van der Waals surface area (Å²) in [5, 5.41) is 5.22. The van der Waals surface area contributed by atoms with Crippen molar-refractivity contribution in [2.24, 2.45) is 0 Å². The van der Waals surface area contributed by atoms with E-state index in [4.69, 9.17) is 23.2 Å². The summed E-state index contributed by atoms with van der Waals surface area (Å²) in [5.41, 5.74) is 0.392. The van der Waals surface area contributed by atoms with Crippen LogP contribution in [0, 0.1) is 17.5 Å². The van der Waals surface area contributed by atoms with Gasteiger partial charge in [0.15, 0.2) is 11.6 Å². The smallest absolute Gasteiger partial charge is 0.258 e. The van der Waals surface area contributed by atoms with Crippen LogP contribution in [-0.4, -0.2) is 11.8 Å². The fraction of sp³-hybridized carbons (Fsp3) is 0.0476. The summed E-state index contributed by atoms with van der Waals surface area (Å²) in [6.45, 7) is 0. The van der Waals surface area contributed by atoms with E-state index in [1.807, 2.05) is 0 Å². The van der Waals surface area contributed by atoms with Crippen LogP contribution in [0.1, 0.15) is 37.9 Å². The summed E-state index contributed by atoms with van der Waals surface area (Å²) in [6, 6.07) is 9.10. The summed E-state index contributed by atoms with van der Waals surface area (Å²) >= 11 is 11.9. The number of hydrogen-bond acceptors (Lipinski definition) is 2. The zero-order valence-electron chi connectivity index (χ0n) is 14.9. The molecule has 0 radical (unpaired) electrons. The van der Waals surface area contributed by atoms with Crippen molar-refractivity contribution < 1.29 is 22.8 Å². The predicted molar refractivity (Wildman–Crippen MR) is 106 cm³/mol. The molecule has 1 heterocycles. The zero-order valence-corrected chi connectivity index (χ0v) is 16.4. The summed E-state index contributed by atoms with van der Waals surface area (Å²) < 4.78 is 41.5. The minimum Gasteiger partial charge on any atom is -0.341 e. The molecule has 9 heteroatoms. The van der Waals surface area contributed by atoms with Gasteiger partial charge in [-0.05, 0) is 42.5 Å². The van der Waals surface area contributed by atoms with E-state index >= 15 is 0 Å². The van der Waals surface area contributed by atoms with E-state index in [9.17, 15) is 22.8 Å². The van der Waals surface area contributed by atoms with Crippen LogP contribution in [0.2, 0.25) is 10.0 Å². The second-order valence-electron chi connectivity index (χ2n) is 6.54. The first-order valence-corrected chi connectivity index (χ1v) is 9.36. The van der Waals surface area contributed by atoms with Gasteiger partial charge in [0, 0.05) is 32.4 Å². The van der Waals surface area contributed by atoms with E-state index in [1.54, 1.807) is 0 Å². The largest absolute Gasteiger partial charge is 0.341 e. The molecule has 3 aromatic rings. The second kappa shape index (κ2) is 7.66. The van der Waals surface area contributed by atoms with Gasteiger partial charge in [0.2, 0.25) is 0 Å². The molecule has 4 nitrogen and oxygen atoms in total. The average molecular weight is 451 g/mol. The summed E-state index contributed by atoms with van der Waals surface area (Å²) in [5.74, 6) is -4.61. The maximum absolute atomic E-state index is 14.1. The summed E-state index contributed by atoms with van der Waals surface area (Å²) in [7, 11) is 0. The van der Waals surface area contributed by atoms with Crippen molar-refractivity contribution in [2.45, 2.75) is 6.04 Å². The van der Waals surface area contributed by atoms with Crippen LogP contribution in [0.15, 0.2) is 48.5 Å². The Morgan fingerprint density at radius 2 is 1.80 bits per heavy atom. The molecule has 152 valence electrons. The molecule has 30 heavy (non-hydrogen) atoms. The number of carbonyl (C=O) groups is 2. The van der Waals surface area contributed by atoms with Crippen LogP contribution >= 0.6 is 23.2 Å². The molecule has 0 saturated heterocycles. The van der Waals surface area contributed by atoms with E-state index < -0.39 is 40.9 Å². The lowest BCUT2D eigenvalue weighted by Gasteiger charge is -2.18. The van der Waals surface area contributed by atoms with Gasteiger partial charge in [-0.1, -0.05) is 29.3 Å². The SMILES string of the molecule is O=C(Nc1cccc2c1C(c1cc(F)ccc1Cl)NC2=O)c1cc(Cl)cc(F)c1F. The third-order valence-corrected chi connectivity index (χ3v) is 5.23. The van der Waals surface area contributed by atoms with Gasteiger partial charge >= 0.3 is 0 Å². The van der Waals surface area contributed by atoms with Gasteiger partial charge in [-0.3, -0.25) is 9.59 Å². The lowest BCUT2D eigenvalue weighted by atomic mass is 9.96. The number of halogens is 5. The Morgan fingerprint density at radius 1 is 1.03 bits per heavy atom. The van der Waals surface area contributed by atoms with Crippen LogP contribution in [0.3, 0.4) is 0 Å². The molecule has 0 aromatic heterocycles. The fourth-order valence-corrected chi connectivity index (χ4v) is 3.78. The average Bonchev–Trinajstić information content (AvgIpc) is 3.04. The monoisotopic (exact) mass is 450 g/mol. The summed E-state index contributed by atoms with van der Waals surface area (Å²) in [6.07, 6.45) is 0. The molecule has 0 spiro atoms. The van der Waals surface area contributed by atoms with Crippen molar-refractivity contribution in [3.8, 4) is 0 Å². The first-order valence-electron chi connectivity index (χ1n) is 8.61. The quantitative estimate of drug-likeness (QED) is 0.517. The molecule has 1 unspecified atom stereocenters. The second-order valence-corrected chi connectivity index (χ2v) is 7.39. The number of fused-ring (bicyclic) bond motifs is 1. The Kier molecular flexibility index (Phi) is 5.17. The van der Waals surface area contributed by atoms with E-state index in [-0.39, 0.29) is 26.9 Å². The van der Waals surface area contributed by atoms with Crippen LogP contribution in [0.4, 0.5) is 18.9 Å². The number of nitrogens with one attached hydrogen (secondary N) is 2. The Morgan fingerprint density at radius 3 is 2.57 bits per heavy atom. The van der Waals surface area contributed by atoms with Crippen molar-refractivity contribution in [2.75, 3.05) is 5.32 Å². The number of hydrogen-bond donors (Lipinski definition) is 2. The highest BCUT2D eigenvalue weighted by molar-refractivity contribution is 6.31. The van der Waals surface area contributed by atoms with E-state index in [1.165, 1.54) is 36.4 Å². The number of rotatable bonds is 3. The molecule has 2 amide bonds. The number of benzene rings is 3. The lowest BCUT2D eigenvalue weighted by Crippen LogP contribution is -2.21. The molecule has 0 bridgehead atoms. The van der Waals surface area contributed by atoms with Crippen LogP contribution in [0.25, 0.3) is 0 Å². The summed E-state index contributed by atoms with van der Waals surface area (Å²) in [4.78, 5) is 25.0. The standard InChI is InChI=1S/C21H11Cl2F3N2O2/c22-9-6-13(18(26)15(25)7-9)21(30)27-16-3-1-2-11-17(16)19(28-20(11)29)12-8-10(24)4-5-14(12)23/h1-8,19H,(H,27,30)(H,28,29). The van der Waals surface area contributed by atoms with Crippen LogP contribution in [0.5, 0.6) is 0 Å². The molecule has 3 aromatic carbocycles. The van der Waals surface area contributed by atoms with Crippen molar-refractivity contribution in [1.82, 2.24) is 5.32 Å². The lowest BCUT2D eigenvalue weighted by molar-refractivity contribution is 0.0959. The molecule has 1 atom stereocenters. The van der Waals surface area contributed by atoms with E-state index in [0.29, 0.717) is 5.56 Å². The topological polar surface area (TPSA) is 58.2 Å². The normalized spacial score (nSPS) is 15.0. The molecular weight excluding hydrogens is 440 g/mol. The predicted octanol–water partition coefficient (Wildman–Crippen LogP) is 5.50. The van der Waals surface area contributed by atoms with E-state index in [2.05, 4.69) is 10.6 Å². The highest BCUT2D eigenvalue weighted by Crippen LogP contribution is 2.39. The Labute approximate surface area is 178 Å². The van der Waals surface area contributed by atoms with Crippen molar-refractivity contribution in [3.05, 3.63) is 98.3 Å². The molecule has 4 rings (SSSR count). The molecule has 1 aliphatic rings. The van der Waals surface area contributed by atoms with Crippen LogP contribution in [-0.2, 0) is 0 Å². The highest BCUT2D eigenvalue weighted by atomic mass is 35.5. The molecule has 0 saturated carbocycles. The van der Waals surface area contributed by atoms with Gasteiger partial charge in [0.1, 0.15) is 5.82 Å². The Balaban J connectivity index is 1.78. The fourth-order valence-electron chi connectivity index (χ4n) is 3.34. The molecule has 2 N–H and O–H groups in total. The first-order chi connectivity index (χ1) is 14.3. The first kappa shape index (κ1) is 20.3. The Hall–Kier alpha value is -3.03. The van der Waals surface area contributed by atoms with Gasteiger partial charge in [-0.25, -0.2) is 13.2 Å². The number of amides is 2. The zero-order chi connectivity index (χ0) is 21.6. The maximum Gasteiger partial charge on any atom is 0.258 e. The van der Waals surface area contributed by atoms with Crippen molar-refractivity contribution in [3.63, 3.8) is 0 Å². The third kappa shape index (κ3) is 3.51.